The molecule has 0 saturated carbocycles. The van der Waals surface area contributed by atoms with Crippen LogP contribution < -0.4 is 5.32 Å². The quantitative estimate of drug-likeness (QED) is 0.209. The Morgan fingerprint density at radius 2 is 1.81 bits per heavy atom. The Kier molecular flexibility index (Phi) is 8.56. The van der Waals surface area contributed by atoms with Crippen LogP contribution in [-0.2, 0) is 19.7 Å². The molecule has 1 amide bonds. The van der Waals surface area contributed by atoms with Gasteiger partial charge in [0.05, 0.1) is 11.3 Å². The van der Waals surface area contributed by atoms with Crippen LogP contribution in [0.5, 0.6) is 0 Å². The van der Waals surface area contributed by atoms with E-state index in [2.05, 4.69) is 5.32 Å². The number of carbonyl (C=O) groups is 2. The van der Waals surface area contributed by atoms with E-state index in [1.165, 1.54) is 13.0 Å². The Bertz CT molecular complexity index is 519. The van der Waals surface area contributed by atoms with Gasteiger partial charge in [0.25, 0.3) is 16.0 Å². The average molecular weight is 318 g/mol. The minimum absolute atomic E-state index is 0.0752. The number of ketones is 1. The molecular formula is C13H22N2O5S. The highest BCUT2D eigenvalue weighted by Crippen LogP contribution is 1.99. The minimum Gasteiger partial charge on any atom is -0.378 e. The third kappa shape index (κ3) is 8.98. The van der Waals surface area contributed by atoms with Crippen molar-refractivity contribution < 1.29 is 22.6 Å². The monoisotopic (exact) mass is 318 g/mol. The summed E-state index contributed by atoms with van der Waals surface area (Å²) < 4.78 is 29.6. The van der Waals surface area contributed by atoms with Crippen LogP contribution in [-0.4, -0.2) is 54.9 Å². The van der Waals surface area contributed by atoms with E-state index in [1.807, 2.05) is 18.7 Å². The van der Waals surface area contributed by atoms with Gasteiger partial charge >= 0.3 is 0 Å². The molecule has 0 aromatic carbocycles. The van der Waals surface area contributed by atoms with E-state index in [0.29, 0.717) is 0 Å². The number of hydrogen-bond donors (Lipinski definition) is 2. The Balaban J connectivity index is 4.74. The highest BCUT2D eigenvalue weighted by atomic mass is 32.2. The van der Waals surface area contributed by atoms with Crippen molar-refractivity contribution in [3.63, 3.8) is 0 Å². The van der Waals surface area contributed by atoms with Crippen LogP contribution in [0, 0.1) is 0 Å². The summed E-state index contributed by atoms with van der Waals surface area (Å²) in [6.07, 6.45) is 4.73. The van der Waals surface area contributed by atoms with Crippen molar-refractivity contribution in [3.8, 4) is 0 Å². The number of hydrogen-bond acceptors (Lipinski definition) is 5. The van der Waals surface area contributed by atoms with Crippen LogP contribution in [0.15, 0.2) is 23.9 Å². The third-order valence-electron chi connectivity index (χ3n) is 2.64. The van der Waals surface area contributed by atoms with Gasteiger partial charge in [0.15, 0.2) is 5.78 Å². The van der Waals surface area contributed by atoms with Crippen molar-refractivity contribution in [1.29, 1.82) is 0 Å². The molecule has 0 aliphatic heterocycles. The molecule has 8 heteroatoms. The second kappa shape index (κ2) is 9.30. The lowest BCUT2D eigenvalue weighted by molar-refractivity contribution is -0.121. The zero-order valence-electron chi connectivity index (χ0n) is 12.5. The number of carbonyl (C=O) groups excluding carboxylic acids is 2. The Morgan fingerprint density at radius 1 is 1.24 bits per heavy atom. The molecule has 0 saturated heterocycles. The molecule has 7 nitrogen and oxygen atoms in total. The Morgan fingerprint density at radius 3 is 2.24 bits per heavy atom. The van der Waals surface area contributed by atoms with Crippen LogP contribution in [0.25, 0.3) is 0 Å². The van der Waals surface area contributed by atoms with Gasteiger partial charge < -0.3 is 10.2 Å². The molecule has 120 valence electrons. The van der Waals surface area contributed by atoms with Gasteiger partial charge in [0, 0.05) is 19.6 Å². The summed E-state index contributed by atoms with van der Waals surface area (Å²) in [4.78, 5) is 25.2. The first kappa shape index (κ1) is 19.3. The summed E-state index contributed by atoms with van der Waals surface area (Å²) in [5.41, 5.74) is -0.0752. The molecule has 2 N–H and O–H groups in total. The van der Waals surface area contributed by atoms with Gasteiger partial charge in [0.1, 0.15) is 0 Å². The highest BCUT2D eigenvalue weighted by molar-refractivity contribution is 7.85. The molecule has 0 rings (SSSR count). The fourth-order valence-electron chi connectivity index (χ4n) is 1.44. The van der Waals surface area contributed by atoms with E-state index < -0.39 is 27.6 Å². The lowest BCUT2D eigenvalue weighted by Gasteiger charge is -2.14. The van der Waals surface area contributed by atoms with Crippen molar-refractivity contribution in [2.45, 2.75) is 20.8 Å². The molecule has 21 heavy (non-hydrogen) atoms. The molecule has 0 fully saturated rings. The third-order valence-corrected chi connectivity index (χ3v) is 3.36. The van der Waals surface area contributed by atoms with E-state index >= 15 is 0 Å². The van der Waals surface area contributed by atoms with Crippen molar-refractivity contribution in [3.05, 3.63) is 23.9 Å². The van der Waals surface area contributed by atoms with E-state index in [9.17, 15) is 18.0 Å². The molecular weight excluding hydrogens is 296 g/mol. The molecule has 0 heterocycles. The largest absolute Gasteiger partial charge is 0.378 e. The number of nitrogens with one attached hydrogen (secondary N) is 1. The lowest BCUT2D eigenvalue weighted by Crippen LogP contribution is -2.31. The molecule has 0 spiro atoms. The smallest absolute Gasteiger partial charge is 0.266 e. The van der Waals surface area contributed by atoms with Crippen LogP contribution in [0.1, 0.15) is 20.8 Å². The number of nitrogens with zero attached hydrogens (tertiary/aromatic N) is 1. The van der Waals surface area contributed by atoms with Crippen molar-refractivity contribution >= 4 is 21.8 Å². The molecule has 0 unspecified atom stereocenters. The first-order valence-corrected chi connectivity index (χ1v) is 8.19. The second-order valence-electron chi connectivity index (χ2n) is 4.24. The van der Waals surface area contributed by atoms with Crippen molar-refractivity contribution in [1.82, 2.24) is 10.2 Å². The molecule has 0 atom stereocenters. The van der Waals surface area contributed by atoms with Gasteiger partial charge in [-0.1, -0.05) is 0 Å². The predicted molar refractivity (Wildman–Crippen MR) is 80.3 cm³/mol. The first-order valence-electron chi connectivity index (χ1n) is 6.58. The van der Waals surface area contributed by atoms with Gasteiger partial charge in [-0.2, -0.15) is 8.42 Å². The van der Waals surface area contributed by atoms with E-state index in [-0.39, 0.29) is 12.1 Å². The fraction of sp³-hybridized carbons (Fsp3) is 0.538. The van der Waals surface area contributed by atoms with Gasteiger partial charge in [0.2, 0.25) is 0 Å². The lowest BCUT2D eigenvalue weighted by atomic mass is 10.1. The van der Waals surface area contributed by atoms with Crippen LogP contribution >= 0.6 is 0 Å². The van der Waals surface area contributed by atoms with E-state index in [4.69, 9.17) is 4.55 Å². The maximum Gasteiger partial charge on any atom is 0.266 e. The Hall–Kier alpha value is -1.67. The van der Waals surface area contributed by atoms with Gasteiger partial charge in [-0.15, -0.1) is 0 Å². The summed E-state index contributed by atoms with van der Waals surface area (Å²) >= 11 is 0. The fourth-order valence-corrected chi connectivity index (χ4v) is 1.80. The van der Waals surface area contributed by atoms with E-state index in [0.717, 1.165) is 13.1 Å². The standard InChI is InChI=1S/C13H22N2O5S/c1-4-15(5-2)9-6-7-12(11(3)16)13(17)14-8-10-21(18,19)20/h6-7,9H,4-5,8,10H2,1-3H3,(H,14,17)(H,18,19,20)/b9-6+,12-7+. The summed E-state index contributed by atoms with van der Waals surface area (Å²) in [5, 5.41) is 2.27. The Labute approximate surface area is 125 Å². The van der Waals surface area contributed by atoms with Gasteiger partial charge in [-0.25, -0.2) is 0 Å². The molecule has 0 aromatic rings. The zero-order chi connectivity index (χ0) is 16.5. The topological polar surface area (TPSA) is 104 Å². The van der Waals surface area contributed by atoms with Crippen molar-refractivity contribution in [2.75, 3.05) is 25.4 Å². The van der Waals surface area contributed by atoms with Crippen molar-refractivity contribution in [2.24, 2.45) is 0 Å². The molecule has 0 radical (unpaired) electrons. The summed E-state index contributed by atoms with van der Waals surface area (Å²) in [6, 6.07) is 0. The molecule has 0 aliphatic rings. The highest BCUT2D eigenvalue weighted by Gasteiger charge is 2.14. The first-order chi connectivity index (χ1) is 9.71. The number of Topliss-reactive ketones (excluding diaryl/α,β-unsaturated/α-hetero) is 1. The summed E-state index contributed by atoms with van der Waals surface area (Å²) in [6.45, 7) is 6.55. The summed E-state index contributed by atoms with van der Waals surface area (Å²) in [5.74, 6) is -1.70. The number of amides is 1. The van der Waals surface area contributed by atoms with Gasteiger partial charge in [-0.05, 0) is 39.1 Å². The number of rotatable bonds is 9. The molecule has 0 aromatic heterocycles. The maximum atomic E-state index is 11.8. The normalized spacial score (nSPS) is 12.5. The average Bonchev–Trinajstić information content (AvgIpc) is 2.36. The second-order valence-corrected chi connectivity index (χ2v) is 5.81. The number of allylic oxidation sites excluding steroid dienone is 2. The van der Waals surface area contributed by atoms with Crippen LogP contribution in [0.3, 0.4) is 0 Å². The zero-order valence-corrected chi connectivity index (χ0v) is 13.3. The van der Waals surface area contributed by atoms with Crippen LogP contribution in [0.2, 0.25) is 0 Å². The van der Waals surface area contributed by atoms with Crippen LogP contribution in [0.4, 0.5) is 0 Å². The molecule has 0 bridgehead atoms. The SMILES string of the molecule is CCN(/C=C/C=C(\C(C)=O)C(=O)NCCS(=O)(=O)O)CC. The molecule has 0 aliphatic carbocycles. The maximum absolute atomic E-state index is 11.8. The van der Waals surface area contributed by atoms with E-state index in [1.54, 1.807) is 12.3 Å². The van der Waals surface area contributed by atoms with Gasteiger partial charge in [-0.3, -0.25) is 14.1 Å². The minimum atomic E-state index is -4.14. The summed E-state index contributed by atoms with van der Waals surface area (Å²) in [7, 11) is -4.14. The predicted octanol–water partition coefficient (Wildman–Crippen LogP) is 0.361.